The molecule has 2 heterocycles. The third kappa shape index (κ3) is 1.90. The Morgan fingerprint density at radius 3 is 2.69 bits per heavy atom. The standard InChI is InChI=1S/C21H25N3OS/c1-20(2)12-8-9-21(20,3)16(10-12)24-11-14(25)17(18(24)22)19-23-13-6-4-5-7-15(13)26-19/h4-7,12,16,22,25H,8-11H2,1-3H3/t12-,16-,21+/m0/s1. The Bertz CT molecular complexity index is 926. The fraction of sp³-hybridized carbons (Fsp3) is 0.524. The van der Waals surface area contributed by atoms with Crippen LogP contribution in [0, 0.1) is 22.2 Å². The van der Waals surface area contributed by atoms with Crippen molar-refractivity contribution < 1.29 is 5.11 Å². The fourth-order valence-corrected chi connectivity index (χ4v) is 6.74. The maximum absolute atomic E-state index is 10.7. The summed E-state index contributed by atoms with van der Waals surface area (Å²) in [6.07, 6.45) is 3.65. The molecule has 2 N–H and O–H groups in total. The first-order chi connectivity index (χ1) is 12.3. The Kier molecular flexibility index (Phi) is 3.20. The van der Waals surface area contributed by atoms with Crippen LogP contribution >= 0.6 is 11.3 Å². The van der Waals surface area contributed by atoms with E-state index in [1.807, 2.05) is 24.3 Å². The van der Waals surface area contributed by atoms with Gasteiger partial charge in [-0.15, -0.1) is 11.3 Å². The van der Waals surface area contributed by atoms with Gasteiger partial charge in [0.1, 0.15) is 16.6 Å². The molecule has 1 aliphatic heterocycles. The van der Waals surface area contributed by atoms with Crippen molar-refractivity contribution in [3.8, 4) is 0 Å². The Morgan fingerprint density at radius 1 is 1.27 bits per heavy atom. The molecule has 2 bridgehead atoms. The normalized spacial score (nSPS) is 33.0. The van der Waals surface area contributed by atoms with Crippen LogP contribution in [-0.4, -0.2) is 33.4 Å². The number of hydrogen-bond donors (Lipinski definition) is 2. The highest BCUT2D eigenvalue weighted by molar-refractivity contribution is 7.19. The second-order valence-corrected chi connectivity index (χ2v) is 9.94. The lowest BCUT2D eigenvalue weighted by atomic mass is 9.69. The van der Waals surface area contributed by atoms with Gasteiger partial charge in [0, 0.05) is 6.04 Å². The molecule has 0 unspecified atom stereocenters. The van der Waals surface area contributed by atoms with Crippen molar-refractivity contribution in [2.75, 3.05) is 6.54 Å². The molecule has 2 fully saturated rings. The number of aliphatic hydroxyl groups excluding tert-OH is 1. The van der Waals surface area contributed by atoms with Gasteiger partial charge in [-0.3, -0.25) is 5.41 Å². The second kappa shape index (κ2) is 5.10. The third-order valence-electron chi connectivity index (χ3n) is 7.76. The minimum Gasteiger partial charge on any atom is -0.510 e. The van der Waals surface area contributed by atoms with Crippen molar-refractivity contribution >= 4 is 33.0 Å². The Labute approximate surface area is 158 Å². The maximum Gasteiger partial charge on any atom is 0.135 e. The largest absolute Gasteiger partial charge is 0.510 e. The van der Waals surface area contributed by atoms with Gasteiger partial charge in [-0.25, -0.2) is 4.98 Å². The molecule has 2 aliphatic carbocycles. The first-order valence-corrected chi connectivity index (χ1v) is 10.3. The average Bonchev–Trinajstić information content (AvgIpc) is 3.25. The van der Waals surface area contributed by atoms with Crippen LogP contribution in [0.4, 0.5) is 0 Å². The predicted molar refractivity (Wildman–Crippen MR) is 107 cm³/mol. The van der Waals surface area contributed by atoms with Gasteiger partial charge in [-0.2, -0.15) is 0 Å². The number of thiazole rings is 1. The SMILES string of the molecule is CC1(C)[C@H]2CC[C@]1(C)[C@@H](N1CC(O)=C(c3nc4ccccc4s3)C1=N)C2. The number of aliphatic hydroxyl groups is 1. The molecule has 3 atom stereocenters. The van der Waals surface area contributed by atoms with Crippen LogP contribution in [0.1, 0.15) is 45.0 Å². The number of fused-ring (bicyclic) bond motifs is 3. The topological polar surface area (TPSA) is 60.2 Å². The fourth-order valence-electron chi connectivity index (χ4n) is 5.70. The van der Waals surface area contributed by atoms with E-state index >= 15 is 0 Å². The highest BCUT2D eigenvalue weighted by atomic mass is 32.1. The minimum atomic E-state index is 0.202. The number of amidine groups is 1. The van der Waals surface area contributed by atoms with Crippen LogP contribution in [0.15, 0.2) is 30.0 Å². The first kappa shape index (κ1) is 16.3. The van der Waals surface area contributed by atoms with E-state index in [1.54, 1.807) is 11.3 Å². The van der Waals surface area contributed by atoms with E-state index in [2.05, 4.69) is 30.7 Å². The number of rotatable bonds is 2. The molecule has 5 rings (SSSR count). The van der Waals surface area contributed by atoms with E-state index < -0.39 is 0 Å². The van der Waals surface area contributed by atoms with Crippen molar-refractivity contribution in [1.82, 2.24) is 9.88 Å². The summed E-state index contributed by atoms with van der Waals surface area (Å²) < 4.78 is 1.10. The monoisotopic (exact) mass is 367 g/mol. The van der Waals surface area contributed by atoms with Crippen LogP contribution < -0.4 is 0 Å². The van der Waals surface area contributed by atoms with Gasteiger partial charge in [0.25, 0.3) is 0 Å². The number of para-hydroxylation sites is 1. The molecule has 1 aromatic carbocycles. The molecule has 2 saturated carbocycles. The molecule has 4 nitrogen and oxygen atoms in total. The van der Waals surface area contributed by atoms with E-state index in [4.69, 9.17) is 5.41 Å². The van der Waals surface area contributed by atoms with Crippen LogP contribution in [0.2, 0.25) is 0 Å². The number of benzene rings is 1. The Hall–Kier alpha value is -1.88. The zero-order chi connectivity index (χ0) is 18.3. The summed E-state index contributed by atoms with van der Waals surface area (Å²) >= 11 is 1.56. The second-order valence-electron chi connectivity index (χ2n) is 8.91. The smallest absolute Gasteiger partial charge is 0.135 e. The van der Waals surface area contributed by atoms with E-state index in [9.17, 15) is 5.11 Å². The third-order valence-corrected chi connectivity index (χ3v) is 8.82. The van der Waals surface area contributed by atoms with Crippen molar-refractivity contribution in [3.63, 3.8) is 0 Å². The van der Waals surface area contributed by atoms with Gasteiger partial charge < -0.3 is 10.0 Å². The van der Waals surface area contributed by atoms with Gasteiger partial charge in [0.2, 0.25) is 0 Å². The molecule has 26 heavy (non-hydrogen) atoms. The van der Waals surface area contributed by atoms with Crippen molar-refractivity contribution in [2.45, 2.75) is 46.1 Å². The zero-order valence-electron chi connectivity index (χ0n) is 15.5. The molecule has 136 valence electrons. The summed E-state index contributed by atoms with van der Waals surface area (Å²) in [4.78, 5) is 6.83. The lowest BCUT2D eigenvalue weighted by Gasteiger charge is -2.44. The number of nitrogens with one attached hydrogen (secondary N) is 1. The molecular formula is C21H25N3OS. The van der Waals surface area contributed by atoms with Crippen LogP contribution in [0.5, 0.6) is 0 Å². The minimum absolute atomic E-state index is 0.202. The van der Waals surface area contributed by atoms with Gasteiger partial charge in [-0.1, -0.05) is 32.9 Å². The average molecular weight is 368 g/mol. The van der Waals surface area contributed by atoms with Gasteiger partial charge in [0.15, 0.2) is 0 Å². The van der Waals surface area contributed by atoms with Gasteiger partial charge in [0.05, 0.1) is 22.3 Å². The van der Waals surface area contributed by atoms with Gasteiger partial charge >= 0.3 is 0 Å². The van der Waals surface area contributed by atoms with E-state index in [1.165, 1.54) is 12.8 Å². The number of nitrogens with zero attached hydrogens (tertiary/aromatic N) is 2. The molecule has 0 spiro atoms. The highest BCUT2D eigenvalue weighted by Gasteiger charge is 2.63. The molecule has 0 saturated heterocycles. The summed E-state index contributed by atoms with van der Waals surface area (Å²) in [6, 6.07) is 8.35. The summed E-state index contributed by atoms with van der Waals surface area (Å²) in [5.41, 5.74) is 2.07. The van der Waals surface area contributed by atoms with E-state index in [0.717, 1.165) is 27.6 Å². The van der Waals surface area contributed by atoms with Crippen molar-refractivity contribution in [2.24, 2.45) is 16.7 Å². The van der Waals surface area contributed by atoms with Crippen LogP contribution in [-0.2, 0) is 0 Å². The lowest BCUT2D eigenvalue weighted by molar-refractivity contribution is 0.0817. The molecule has 0 amide bonds. The quantitative estimate of drug-likeness (QED) is 0.779. The predicted octanol–water partition coefficient (Wildman–Crippen LogP) is 5.07. The van der Waals surface area contributed by atoms with E-state index in [0.29, 0.717) is 35.2 Å². The lowest BCUT2D eigenvalue weighted by Crippen LogP contribution is -2.48. The van der Waals surface area contributed by atoms with E-state index in [-0.39, 0.29) is 5.41 Å². The molecular weight excluding hydrogens is 342 g/mol. The summed E-state index contributed by atoms with van der Waals surface area (Å²) in [6.45, 7) is 7.63. The van der Waals surface area contributed by atoms with Crippen molar-refractivity contribution in [1.29, 1.82) is 5.41 Å². The highest BCUT2D eigenvalue weighted by Crippen LogP contribution is 2.67. The number of hydrogen-bond acceptors (Lipinski definition) is 4. The summed E-state index contributed by atoms with van der Waals surface area (Å²) in [5, 5.41) is 20.3. The molecule has 5 heteroatoms. The number of aromatic nitrogens is 1. The summed E-state index contributed by atoms with van der Waals surface area (Å²) in [5.74, 6) is 1.48. The molecule has 3 aliphatic rings. The summed E-state index contributed by atoms with van der Waals surface area (Å²) in [7, 11) is 0. The molecule has 1 aromatic heterocycles. The van der Waals surface area contributed by atoms with Crippen LogP contribution in [0.3, 0.4) is 0 Å². The molecule has 0 radical (unpaired) electrons. The molecule has 2 aromatic rings. The van der Waals surface area contributed by atoms with Crippen LogP contribution in [0.25, 0.3) is 15.8 Å². The van der Waals surface area contributed by atoms with Gasteiger partial charge in [-0.05, 0) is 48.1 Å². The first-order valence-electron chi connectivity index (χ1n) is 9.46. The maximum atomic E-state index is 10.7. The zero-order valence-corrected chi connectivity index (χ0v) is 16.4. The van der Waals surface area contributed by atoms with Crippen molar-refractivity contribution in [3.05, 3.63) is 35.0 Å². The Morgan fingerprint density at radius 2 is 2.04 bits per heavy atom. The Balaban J connectivity index is 1.50.